The van der Waals surface area contributed by atoms with Crippen molar-refractivity contribution >= 4 is 11.6 Å². The molecule has 0 amide bonds. The minimum absolute atomic E-state index is 0.708. The van der Waals surface area contributed by atoms with Crippen molar-refractivity contribution in [2.45, 2.75) is 19.4 Å². The van der Waals surface area contributed by atoms with Gasteiger partial charge in [-0.15, -0.1) is 0 Å². The summed E-state index contributed by atoms with van der Waals surface area (Å²) in [5.74, 6) is 0.900. The summed E-state index contributed by atoms with van der Waals surface area (Å²) >= 11 is 6.07. The third-order valence-corrected chi connectivity index (χ3v) is 5.14. The molecule has 134 valence electrons. The van der Waals surface area contributed by atoms with Crippen LogP contribution in [0.5, 0.6) is 5.75 Å². The summed E-state index contributed by atoms with van der Waals surface area (Å²) in [7, 11) is 1.71. The Hall–Kier alpha value is -2.30. The minimum Gasteiger partial charge on any atom is -0.496 e. The van der Waals surface area contributed by atoms with Crippen LogP contribution in [0.2, 0.25) is 5.02 Å². The van der Waals surface area contributed by atoms with E-state index in [1.165, 1.54) is 11.3 Å². The number of para-hydroxylation sites is 1. The number of nitrogens with zero attached hydrogens (tertiary/aromatic N) is 2. The lowest BCUT2D eigenvalue weighted by Gasteiger charge is -2.11. The van der Waals surface area contributed by atoms with E-state index < -0.39 is 0 Å². The highest BCUT2D eigenvalue weighted by Crippen LogP contribution is 2.29. The lowest BCUT2D eigenvalue weighted by Crippen LogP contribution is -2.17. The summed E-state index contributed by atoms with van der Waals surface area (Å²) in [5, 5.41) is 9.23. The molecule has 1 aromatic heterocycles. The lowest BCUT2D eigenvalue weighted by molar-refractivity contribution is 0.407. The van der Waals surface area contributed by atoms with Crippen molar-refractivity contribution in [3.05, 3.63) is 70.4 Å². The van der Waals surface area contributed by atoms with Crippen LogP contribution >= 0.6 is 11.6 Å². The summed E-state index contributed by atoms with van der Waals surface area (Å²) in [6.07, 6.45) is 1.96. The zero-order valence-electron chi connectivity index (χ0n) is 14.8. The van der Waals surface area contributed by atoms with Gasteiger partial charge in [0.2, 0.25) is 0 Å². The van der Waals surface area contributed by atoms with Gasteiger partial charge in [-0.05, 0) is 31.2 Å². The van der Waals surface area contributed by atoms with Gasteiger partial charge in [-0.25, -0.2) is 0 Å². The highest BCUT2D eigenvalue weighted by Gasteiger charge is 2.21. The third kappa shape index (κ3) is 3.35. The Kier molecular flexibility index (Phi) is 4.96. The van der Waals surface area contributed by atoms with Gasteiger partial charge in [-0.2, -0.15) is 5.10 Å². The highest BCUT2D eigenvalue weighted by molar-refractivity contribution is 6.30. The fourth-order valence-corrected chi connectivity index (χ4v) is 3.71. The smallest absolute Gasteiger partial charge is 0.123 e. The van der Waals surface area contributed by atoms with Crippen LogP contribution < -0.4 is 10.1 Å². The van der Waals surface area contributed by atoms with Crippen LogP contribution in [-0.4, -0.2) is 30.0 Å². The molecule has 0 bridgehead atoms. The maximum Gasteiger partial charge on any atom is 0.123 e. The SMILES string of the molecule is COc1ccccc1Cn1nc(-c2ccc(Cl)cc2)c2c1CCNCC2. The Morgan fingerprint density at radius 1 is 1.08 bits per heavy atom. The first-order chi connectivity index (χ1) is 12.8. The molecule has 1 aliphatic rings. The Morgan fingerprint density at radius 2 is 1.85 bits per heavy atom. The normalized spacial score (nSPS) is 13.9. The molecule has 0 unspecified atom stereocenters. The van der Waals surface area contributed by atoms with Gasteiger partial charge in [0.1, 0.15) is 5.75 Å². The molecule has 0 spiro atoms. The molecule has 3 aromatic rings. The molecule has 0 atom stereocenters. The maximum atomic E-state index is 6.07. The minimum atomic E-state index is 0.708. The van der Waals surface area contributed by atoms with Crippen molar-refractivity contribution in [1.29, 1.82) is 0 Å². The first-order valence-corrected chi connectivity index (χ1v) is 9.31. The molecule has 0 radical (unpaired) electrons. The van der Waals surface area contributed by atoms with Crippen LogP contribution in [0.25, 0.3) is 11.3 Å². The number of benzene rings is 2. The van der Waals surface area contributed by atoms with Gasteiger partial charge < -0.3 is 10.1 Å². The molecule has 5 heteroatoms. The van der Waals surface area contributed by atoms with Gasteiger partial charge in [0.15, 0.2) is 0 Å². The van der Waals surface area contributed by atoms with Crippen molar-refractivity contribution in [2.75, 3.05) is 20.2 Å². The first-order valence-electron chi connectivity index (χ1n) is 8.93. The van der Waals surface area contributed by atoms with E-state index in [-0.39, 0.29) is 0 Å². The number of halogens is 1. The Bertz CT molecular complexity index is 902. The number of ether oxygens (including phenoxy) is 1. The Balaban J connectivity index is 1.78. The Morgan fingerprint density at radius 3 is 2.65 bits per heavy atom. The first kappa shape index (κ1) is 17.1. The van der Waals surface area contributed by atoms with E-state index in [1.54, 1.807) is 7.11 Å². The van der Waals surface area contributed by atoms with E-state index in [4.69, 9.17) is 21.4 Å². The molecule has 26 heavy (non-hydrogen) atoms. The van der Waals surface area contributed by atoms with Gasteiger partial charge in [-0.3, -0.25) is 4.68 Å². The second kappa shape index (κ2) is 7.52. The monoisotopic (exact) mass is 367 g/mol. The molecule has 0 fully saturated rings. The number of methoxy groups -OCH3 is 1. The van der Waals surface area contributed by atoms with E-state index in [2.05, 4.69) is 28.2 Å². The molecular formula is C21H22ClN3O. The van der Waals surface area contributed by atoms with Crippen molar-refractivity contribution in [3.63, 3.8) is 0 Å². The second-order valence-electron chi connectivity index (χ2n) is 6.50. The molecule has 2 aromatic carbocycles. The van der Waals surface area contributed by atoms with Crippen LogP contribution in [0, 0.1) is 0 Å². The van der Waals surface area contributed by atoms with Crippen LogP contribution in [0.1, 0.15) is 16.8 Å². The van der Waals surface area contributed by atoms with Gasteiger partial charge in [0.25, 0.3) is 0 Å². The van der Waals surface area contributed by atoms with Crippen molar-refractivity contribution in [1.82, 2.24) is 15.1 Å². The third-order valence-electron chi connectivity index (χ3n) is 4.89. The van der Waals surface area contributed by atoms with Crippen LogP contribution in [-0.2, 0) is 19.4 Å². The molecule has 1 N–H and O–H groups in total. The zero-order valence-corrected chi connectivity index (χ0v) is 15.6. The molecule has 2 heterocycles. The average molecular weight is 368 g/mol. The molecule has 0 aliphatic carbocycles. The highest BCUT2D eigenvalue weighted by atomic mass is 35.5. The lowest BCUT2D eigenvalue weighted by atomic mass is 10.0. The summed E-state index contributed by atoms with van der Waals surface area (Å²) in [6.45, 7) is 2.67. The standard InChI is InChI=1S/C21H22ClN3O/c1-26-20-5-3-2-4-16(20)14-25-19-11-13-23-12-10-18(19)21(24-25)15-6-8-17(22)9-7-15/h2-9,23H,10-14H2,1H3. The molecule has 1 aliphatic heterocycles. The van der Waals surface area contributed by atoms with E-state index in [1.807, 2.05) is 30.3 Å². The quantitative estimate of drug-likeness (QED) is 0.759. The van der Waals surface area contributed by atoms with Crippen LogP contribution in [0.3, 0.4) is 0 Å². The molecule has 0 saturated carbocycles. The average Bonchev–Trinajstić information content (AvgIpc) is 2.84. The number of rotatable bonds is 4. The molecular weight excluding hydrogens is 346 g/mol. The topological polar surface area (TPSA) is 39.1 Å². The summed E-state index contributed by atoms with van der Waals surface area (Å²) in [6, 6.07) is 16.1. The Labute approximate surface area is 158 Å². The predicted molar refractivity (Wildman–Crippen MR) is 105 cm³/mol. The fraction of sp³-hybridized carbons (Fsp3) is 0.286. The van der Waals surface area contributed by atoms with Crippen molar-refractivity contribution < 1.29 is 4.74 Å². The van der Waals surface area contributed by atoms with Crippen molar-refractivity contribution in [3.8, 4) is 17.0 Å². The van der Waals surface area contributed by atoms with Gasteiger partial charge >= 0.3 is 0 Å². The van der Waals surface area contributed by atoms with E-state index in [9.17, 15) is 0 Å². The second-order valence-corrected chi connectivity index (χ2v) is 6.94. The predicted octanol–water partition coefficient (Wildman–Crippen LogP) is 3.95. The molecule has 0 saturated heterocycles. The van der Waals surface area contributed by atoms with Crippen LogP contribution in [0.4, 0.5) is 0 Å². The van der Waals surface area contributed by atoms with Gasteiger partial charge in [0.05, 0.1) is 19.3 Å². The zero-order chi connectivity index (χ0) is 17.9. The van der Waals surface area contributed by atoms with Crippen LogP contribution in [0.15, 0.2) is 48.5 Å². The number of hydrogen-bond acceptors (Lipinski definition) is 3. The molecule has 4 nitrogen and oxygen atoms in total. The molecule has 4 rings (SSSR count). The van der Waals surface area contributed by atoms with E-state index >= 15 is 0 Å². The van der Waals surface area contributed by atoms with E-state index in [0.29, 0.717) is 6.54 Å². The van der Waals surface area contributed by atoms with E-state index in [0.717, 1.165) is 53.5 Å². The van der Waals surface area contributed by atoms with Gasteiger partial charge in [-0.1, -0.05) is 41.9 Å². The largest absolute Gasteiger partial charge is 0.496 e. The number of fused-ring (bicyclic) bond motifs is 1. The number of nitrogens with one attached hydrogen (secondary N) is 1. The maximum absolute atomic E-state index is 6.07. The summed E-state index contributed by atoms with van der Waals surface area (Å²) in [5.41, 5.74) is 5.97. The summed E-state index contributed by atoms with van der Waals surface area (Å²) in [4.78, 5) is 0. The summed E-state index contributed by atoms with van der Waals surface area (Å²) < 4.78 is 7.67. The number of hydrogen-bond donors (Lipinski definition) is 1. The van der Waals surface area contributed by atoms with Crippen molar-refractivity contribution in [2.24, 2.45) is 0 Å². The fourth-order valence-electron chi connectivity index (χ4n) is 3.59. The number of aromatic nitrogens is 2. The van der Waals surface area contributed by atoms with Gasteiger partial charge in [0, 0.05) is 40.4 Å².